The summed E-state index contributed by atoms with van der Waals surface area (Å²) < 4.78 is 19.9. The molecular weight excluding hydrogens is 383 g/mol. The number of fused-ring (bicyclic) bond motifs is 2. The van der Waals surface area contributed by atoms with E-state index in [9.17, 15) is 9.18 Å². The number of likely N-dealkylation sites (tertiary alicyclic amines) is 1. The lowest BCUT2D eigenvalue weighted by molar-refractivity contribution is 0.219. The Morgan fingerprint density at radius 3 is 2.73 bits per heavy atom. The highest BCUT2D eigenvalue weighted by molar-refractivity contribution is 5.87. The molecule has 0 amide bonds. The van der Waals surface area contributed by atoms with Crippen LogP contribution in [0.5, 0.6) is 0 Å². The second-order valence-electron chi connectivity index (χ2n) is 7.93. The molecule has 7 heteroatoms. The van der Waals surface area contributed by atoms with Crippen molar-refractivity contribution in [1.82, 2.24) is 19.9 Å². The third kappa shape index (κ3) is 3.29. The van der Waals surface area contributed by atoms with Gasteiger partial charge in [-0.1, -0.05) is 13.0 Å². The van der Waals surface area contributed by atoms with Crippen LogP contribution in [0.4, 0.5) is 4.39 Å². The molecule has 0 unspecified atom stereocenters. The van der Waals surface area contributed by atoms with Crippen LogP contribution in [0.3, 0.4) is 0 Å². The van der Waals surface area contributed by atoms with Crippen LogP contribution < -0.4 is 5.56 Å². The van der Waals surface area contributed by atoms with E-state index in [4.69, 9.17) is 9.40 Å². The molecule has 0 radical (unpaired) electrons. The molecule has 1 aliphatic heterocycles. The summed E-state index contributed by atoms with van der Waals surface area (Å²) >= 11 is 0. The molecule has 3 heterocycles. The molecule has 2 aromatic heterocycles. The van der Waals surface area contributed by atoms with Crippen molar-refractivity contribution in [1.29, 1.82) is 0 Å². The fraction of sp³-hybridized carbons (Fsp3) is 0.348. The lowest BCUT2D eigenvalue weighted by Crippen LogP contribution is -2.33. The SMILES string of the molecule is CCN1CCC(c2nc3ccc(-c4cc(F)c5nc(C)oc5c4)cc3c(=O)[nH]2)CC1. The van der Waals surface area contributed by atoms with Gasteiger partial charge in [-0.2, -0.15) is 0 Å². The van der Waals surface area contributed by atoms with Crippen molar-refractivity contribution in [2.24, 2.45) is 0 Å². The van der Waals surface area contributed by atoms with Crippen molar-refractivity contribution in [3.8, 4) is 11.1 Å². The molecule has 0 aliphatic carbocycles. The highest BCUT2D eigenvalue weighted by Gasteiger charge is 2.22. The van der Waals surface area contributed by atoms with Crippen LogP contribution in [-0.4, -0.2) is 39.5 Å². The number of aromatic nitrogens is 3. The average molecular weight is 406 g/mol. The predicted molar refractivity (Wildman–Crippen MR) is 114 cm³/mol. The van der Waals surface area contributed by atoms with E-state index in [0.717, 1.165) is 43.9 Å². The molecule has 4 aromatic rings. The van der Waals surface area contributed by atoms with Gasteiger partial charge in [0.25, 0.3) is 5.56 Å². The molecular formula is C23H23FN4O2. The number of nitrogens with one attached hydrogen (secondary N) is 1. The molecule has 6 nitrogen and oxygen atoms in total. The van der Waals surface area contributed by atoms with E-state index >= 15 is 0 Å². The van der Waals surface area contributed by atoms with Crippen LogP contribution in [0.2, 0.25) is 0 Å². The zero-order chi connectivity index (χ0) is 20.8. The average Bonchev–Trinajstić information content (AvgIpc) is 3.14. The fourth-order valence-corrected chi connectivity index (χ4v) is 4.32. The van der Waals surface area contributed by atoms with Gasteiger partial charge in [0.05, 0.1) is 10.9 Å². The maximum absolute atomic E-state index is 14.4. The number of nitrogens with zero attached hydrogens (tertiary/aromatic N) is 3. The lowest BCUT2D eigenvalue weighted by atomic mass is 9.95. The number of hydrogen-bond donors (Lipinski definition) is 1. The smallest absolute Gasteiger partial charge is 0.258 e. The molecule has 0 atom stereocenters. The lowest BCUT2D eigenvalue weighted by Gasteiger charge is -2.30. The number of benzene rings is 2. The standard InChI is InChI=1S/C23H23FN4O2/c1-3-28-8-6-14(7-9-28)22-26-19-5-4-15(10-17(19)23(29)27-22)16-11-18(24)21-20(12-16)30-13(2)25-21/h4-5,10-12,14H,3,6-9H2,1-2H3,(H,26,27,29). The Morgan fingerprint density at radius 2 is 1.97 bits per heavy atom. The summed E-state index contributed by atoms with van der Waals surface area (Å²) in [6.45, 7) is 6.95. The normalized spacial score (nSPS) is 16.0. The number of H-pyrrole nitrogens is 1. The molecule has 2 aromatic carbocycles. The van der Waals surface area contributed by atoms with Gasteiger partial charge in [-0.25, -0.2) is 14.4 Å². The Morgan fingerprint density at radius 1 is 1.17 bits per heavy atom. The minimum atomic E-state index is -0.444. The Balaban J connectivity index is 1.52. The summed E-state index contributed by atoms with van der Waals surface area (Å²) in [5, 5.41) is 0.497. The highest BCUT2D eigenvalue weighted by atomic mass is 19.1. The van der Waals surface area contributed by atoms with Gasteiger partial charge in [-0.15, -0.1) is 0 Å². The van der Waals surface area contributed by atoms with Gasteiger partial charge in [0.2, 0.25) is 0 Å². The zero-order valence-electron chi connectivity index (χ0n) is 17.0. The number of rotatable bonds is 3. The van der Waals surface area contributed by atoms with Crippen LogP contribution in [-0.2, 0) is 0 Å². The molecule has 30 heavy (non-hydrogen) atoms. The maximum Gasteiger partial charge on any atom is 0.258 e. The van der Waals surface area contributed by atoms with Gasteiger partial charge < -0.3 is 14.3 Å². The minimum Gasteiger partial charge on any atom is -0.441 e. The molecule has 1 N–H and O–H groups in total. The third-order valence-electron chi connectivity index (χ3n) is 6.03. The second kappa shape index (κ2) is 7.32. The maximum atomic E-state index is 14.4. The minimum absolute atomic E-state index is 0.160. The first kappa shape index (κ1) is 18.9. The van der Waals surface area contributed by atoms with Crippen molar-refractivity contribution in [3.63, 3.8) is 0 Å². The van der Waals surface area contributed by atoms with Crippen LogP contribution in [0.25, 0.3) is 33.1 Å². The molecule has 0 saturated carbocycles. The monoisotopic (exact) mass is 406 g/mol. The van der Waals surface area contributed by atoms with E-state index in [-0.39, 0.29) is 17.0 Å². The van der Waals surface area contributed by atoms with Gasteiger partial charge in [-0.05, 0) is 67.9 Å². The van der Waals surface area contributed by atoms with Gasteiger partial charge in [-0.3, -0.25) is 4.79 Å². The third-order valence-corrected chi connectivity index (χ3v) is 6.03. The number of oxazole rings is 1. The van der Waals surface area contributed by atoms with Gasteiger partial charge >= 0.3 is 0 Å². The fourth-order valence-electron chi connectivity index (χ4n) is 4.32. The van der Waals surface area contributed by atoms with Gasteiger partial charge in [0.1, 0.15) is 11.3 Å². The van der Waals surface area contributed by atoms with Crippen molar-refractivity contribution in [2.75, 3.05) is 19.6 Å². The van der Waals surface area contributed by atoms with Crippen LogP contribution in [0.15, 0.2) is 39.5 Å². The Hall–Kier alpha value is -3.06. The van der Waals surface area contributed by atoms with E-state index in [0.29, 0.717) is 27.9 Å². The highest BCUT2D eigenvalue weighted by Crippen LogP contribution is 2.30. The van der Waals surface area contributed by atoms with Gasteiger partial charge in [0, 0.05) is 12.8 Å². The van der Waals surface area contributed by atoms with E-state index < -0.39 is 5.82 Å². The van der Waals surface area contributed by atoms with E-state index in [2.05, 4.69) is 21.8 Å². The molecule has 154 valence electrons. The number of hydrogen-bond acceptors (Lipinski definition) is 5. The summed E-state index contributed by atoms with van der Waals surface area (Å²) in [7, 11) is 0. The topological polar surface area (TPSA) is 75.0 Å². The summed E-state index contributed by atoms with van der Waals surface area (Å²) in [6, 6.07) is 8.62. The Labute approximate surface area is 172 Å². The molecule has 1 saturated heterocycles. The van der Waals surface area contributed by atoms with Crippen molar-refractivity contribution < 1.29 is 8.81 Å². The van der Waals surface area contributed by atoms with Crippen molar-refractivity contribution in [2.45, 2.75) is 32.6 Å². The summed E-state index contributed by atoms with van der Waals surface area (Å²) in [4.78, 5) is 27.0. The van der Waals surface area contributed by atoms with E-state index in [1.807, 2.05) is 12.1 Å². The van der Waals surface area contributed by atoms with E-state index in [1.54, 1.807) is 19.1 Å². The molecule has 0 bridgehead atoms. The van der Waals surface area contributed by atoms with Crippen LogP contribution >= 0.6 is 0 Å². The Kier molecular flexibility index (Phi) is 4.62. The summed E-state index contributed by atoms with van der Waals surface area (Å²) in [5.41, 5.74) is 2.47. The predicted octanol–water partition coefficient (Wildman–Crippen LogP) is 4.38. The summed E-state index contributed by atoms with van der Waals surface area (Å²) in [6.07, 6.45) is 1.99. The Bertz CT molecular complexity index is 1300. The summed E-state index contributed by atoms with van der Waals surface area (Å²) in [5.74, 6) is 1.01. The molecule has 0 spiro atoms. The largest absolute Gasteiger partial charge is 0.441 e. The molecule has 1 fully saturated rings. The molecule has 1 aliphatic rings. The number of piperidine rings is 1. The quantitative estimate of drug-likeness (QED) is 0.547. The van der Waals surface area contributed by atoms with Crippen molar-refractivity contribution >= 4 is 22.0 Å². The second-order valence-corrected chi connectivity index (χ2v) is 7.93. The van der Waals surface area contributed by atoms with Gasteiger partial charge in [0.15, 0.2) is 17.3 Å². The van der Waals surface area contributed by atoms with E-state index in [1.165, 1.54) is 6.07 Å². The first-order chi connectivity index (χ1) is 14.5. The first-order valence-electron chi connectivity index (χ1n) is 10.3. The number of halogens is 1. The van der Waals surface area contributed by atoms with Crippen LogP contribution in [0, 0.1) is 12.7 Å². The van der Waals surface area contributed by atoms with Crippen molar-refractivity contribution in [3.05, 3.63) is 58.2 Å². The number of aromatic amines is 1. The number of aryl methyl sites for hydroxylation is 1. The first-order valence-corrected chi connectivity index (χ1v) is 10.3. The zero-order valence-corrected chi connectivity index (χ0v) is 17.0. The van der Waals surface area contributed by atoms with Crippen LogP contribution in [0.1, 0.15) is 37.4 Å². The molecule has 5 rings (SSSR count).